The molecule has 0 spiro atoms. The summed E-state index contributed by atoms with van der Waals surface area (Å²) in [5, 5.41) is 2.27. The van der Waals surface area contributed by atoms with Gasteiger partial charge in [0.25, 0.3) is 0 Å². The molecule has 0 aromatic carbocycles. The largest absolute Gasteiger partial charge is 0.402 e. The third kappa shape index (κ3) is 2.90. The van der Waals surface area contributed by atoms with E-state index in [4.69, 9.17) is 10.7 Å². The molecule has 2 N–H and O–H groups in total. The molecule has 3 rings (SSSR count). The molecule has 0 bridgehead atoms. The van der Waals surface area contributed by atoms with Crippen molar-refractivity contribution < 1.29 is 0 Å². The number of nitrogens with two attached hydrogens (primary N) is 1. The maximum absolute atomic E-state index is 5.85. The average molecular weight is 289 g/mol. The van der Waals surface area contributed by atoms with Crippen LogP contribution in [0, 0.1) is 5.92 Å². The van der Waals surface area contributed by atoms with Gasteiger partial charge in [-0.2, -0.15) is 0 Å². The maximum Gasteiger partial charge on any atom is 0.186 e. The number of fused-ring (bicyclic) bond motifs is 1. The first-order valence-corrected chi connectivity index (χ1v) is 8.46. The van der Waals surface area contributed by atoms with Gasteiger partial charge < -0.3 is 10.6 Å². The molecule has 0 amide bonds. The Morgan fingerprint density at radius 2 is 2.20 bits per heavy atom. The minimum atomic E-state index is 0.838. The van der Waals surface area contributed by atoms with Gasteiger partial charge in [0.15, 0.2) is 5.13 Å². The molecule has 0 radical (unpaired) electrons. The predicted molar refractivity (Wildman–Crippen MR) is 87.0 cm³/mol. The number of allylic oxidation sites excluding steroid dienone is 2. The zero-order valence-electron chi connectivity index (χ0n) is 12.1. The topological polar surface area (TPSA) is 42.2 Å². The normalized spacial score (nSPS) is 18.4. The minimum Gasteiger partial charge on any atom is -0.402 e. The number of rotatable bonds is 5. The van der Waals surface area contributed by atoms with E-state index in [-0.39, 0.29) is 0 Å². The van der Waals surface area contributed by atoms with Crippen LogP contribution in [0.1, 0.15) is 39.0 Å². The summed E-state index contributed by atoms with van der Waals surface area (Å²) in [6, 6.07) is 0. The number of anilines is 1. The summed E-state index contributed by atoms with van der Waals surface area (Å²) >= 11 is 1.80. The second-order valence-electron chi connectivity index (χ2n) is 5.83. The lowest BCUT2D eigenvalue weighted by Gasteiger charge is -2.39. The van der Waals surface area contributed by atoms with Crippen LogP contribution >= 0.6 is 11.3 Å². The summed E-state index contributed by atoms with van der Waals surface area (Å²) < 4.78 is 1.27. The van der Waals surface area contributed by atoms with E-state index >= 15 is 0 Å². The van der Waals surface area contributed by atoms with Gasteiger partial charge in [0, 0.05) is 25.2 Å². The zero-order valence-corrected chi connectivity index (χ0v) is 13.0. The third-order valence-electron chi connectivity index (χ3n) is 4.09. The van der Waals surface area contributed by atoms with Gasteiger partial charge in [-0.15, -0.1) is 0 Å². The van der Waals surface area contributed by atoms with Gasteiger partial charge in [0.1, 0.15) is 0 Å². The standard InChI is InChI=1S/C16H23N3S/c1-2-3-4-5-12-10-19(11-12)16-18-14-8-6-13(17)7-9-15(14)20-16/h6,8-9,12H,2-5,7,10-11,17H2,1H3. The van der Waals surface area contributed by atoms with Crippen LogP contribution in [0.5, 0.6) is 0 Å². The van der Waals surface area contributed by atoms with E-state index < -0.39 is 0 Å². The fraction of sp³-hybridized carbons (Fsp3) is 0.562. The molecule has 0 unspecified atom stereocenters. The van der Waals surface area contributed by atoms with E-state index in [9.17, 15) is 0 Å². The second-order valence-corrected chi connectivity index (χ2v) is 6.84. The van der Waals surface area contributed by atoms with E-state index in [0.29, 0.717) is 0 Å². The Morgan fingerprint density at radius 1 is 1.35 bits per heavy atom. The first-order chi connectivity index (χ1) is 9.76. The first kappa shape index (κ1) is 13.7. The lowest BCUT2D eigenvalue weighted by Crippen LogP contribution is -2.46. The Morgan fingerprint density at radius 3 is 3.00 bits per heavy atom. The summed E-state index contributed by atoms with van der Waals surface area (Å²) in [4.78, 5) is 7.18. The van der Waals surface area contributed by atoms with E-state index in [0.717, 1.165) is 23.4 Å². The quantitative estimate of drug-likeness (QED) is 0.843. The average Bonchev–Trinajstić information content (AvgIpc) is 2.71. The van der Waals surface area contributed by atoms with Gasteiger partial charge in [-0.1, -0.05) is 43.6 Å². The van der Waals surface area contributed by atoms with Crippen molar-refractivity contribution in [1.82, 2.24) is 4.98 Å². The van der Waals surface area contributed by atoms with E-state index in [1.165, 1.54) is 48.4 Å². The Bertz CT molecular complexity index is 608. The Hall–Kier alpha value is -1.29. The maximum atomic E-state index is 5.85. The van der Waals surface area contributed by atoms with Gasteiger partial charge >= 0.3 is 0 Å². The molecular weight excluding hydrogens is 266 g/mol. The first-order valence-electron chi connectivity index (χ1n) is 7.64. The molecule has 108 valence electrons. The summed E-state index contributed by atoms with van der Waals surface area (Å²) in [6.07, 6.45) is 12.5. The van der Waals surface area contributed by atoms with Crippen LogP contribution in [0.4, 0.5) is 5.13 Å². The van der Waals surface area contributed by atoms with Gasteiger partial charge in [-0.05, 0) is 24.5 Å². The molecule has 1 aliphatic heterocycles. The molecule has 1 aliphatic carbocycles. The van der Waals surface area contributed by atoms with Crippen molar-refractivity contribution in [3.8, 4) is 0 Å². The van der Waals surface area contributed by atoms with E-state index in [2.05, 4.69) is 17.9 Å². The lowest BCUT2D eigenvalue weighted by atomic mass is 9.94. The molecule has 1 saturated heterocycles. The van der Waals surface area contributed by atoms with Crippen LogP contribution < -0.4 is 20.5 Å². The van der Waals surface area contributed by atoms with Crippen molar-refractivity contribution in [2.45, 2.75) is 39.0 Å². The van der Waals surface area contributed by atoms with Crippen molar-refractivity contribution in [1.29, 1.82) is 0 Å². The van der Waals surface area contributed by atoms with Crippen LogP contribution in [-0.4, -0.2) is 18.1 Å². The number of hydrogen-bond donors (Lipinski definition) is 1. The molecule has 0 saturated carbocycles. The summed E-state index contributed by atoms with van der Waals surface area (Å²) in [7, 11) is 0. The number of aromatic nitrogens is 1. The van der Waals surface area contributed by atoms with Gasteiger partial charge in [-0.3, -0.25) is 0 Å². The number of hydrogen-bond acceptors (Lipinski definition) is 4. The summed E-state index contributed by atoms with van der Waals surface area (Å²) in [5.74, 6) is 0.883. The van der Waals surface area contributed by atoms with Gasteiger partial charge in [-0.25, -0.2) is 4.98 Å². The van der Waals surface area contributed by atoms with Crippen LogP contribution in [0.15, 0.2) is 11.8 Å². The number of nitrogens with zero attached hydrogens (tertiary/aromatic N) is 2. The van der Waals surface area contributed by atoms with Crippen molar-refractivity contribution in [3.05, 3.63) is 21.7 Å². The molecule has 1 aromatic rings. The molecule has 3 nitrogen and oxygen atoms in total. The Balaban J connectivity index is 1.63. The highest BCUT2D eigenvalue weighted by atomic mass is 32.1. The summed E-state index contributed by atoms with van der Waals surface area (Å²) in [5.41, 5.74) is 6.76. The second kappa shape index (κ2) is 6.00. The van der Waals surface area contributed by atoms with Crippen molar-refractivity contribution >= 4 is 28.6 Å². The highest BCUT2D eigenvalue weighted by molar-refractivity contribution is 7.13. The SMILES string of the molecule is CCCCCC1CN(c2nc3c(s2)=CCC(N)=CC=3)C1. The van der Waals surface area contributed by atoms with Crippen LogP contribution in [0.3, 0.4) is 0 Å². The highest BCUT2D eigenvalue weighted by Gasteiger charge is 2.28. The van der Waals surface area contributed by atoms with Crippen molar-refractivity contribution in [3.63, 3.8) is 0 Å². The minimum absolute atomic E-state index is 0.838. The molecule has 1 aromatic heterocycles. The lowest BCUT2D eigenvalue weighted by molar-refractivity contribution is 0.369. The molecule has 0 atom stereocenters. The van der Waals surface area contributed by atoms with Crippen LogP contribution in [-0.2, 0) is 0 Å². The van der Waals surface area contributed by atoms with Gasteiger partial charge in [0.05, 0.1) is 9.88 Å². The van der Waals surface area contributed by atoms with E-state index in [1.807, 2.05) is 12.2 Å². The van der Waals surface area contributed by atoms with Crippen LogP contribution in [0.2, 0.25) is 0 Å². The number of thiazole rings is 1. The zero-order chi connectivity index (χ0) is 13.9. The number of unbranched alkanes of at least 4 members (excludes halogenated alkanes) is 2. The molecule has 20 heavy (non-hydrogen) atoms. The fourth-order valence-corrected chi connectivity index (χ4v) is 3.79. The van der Waals surface area contributed by atoms with Crippen molar-refractivity contribution in [2.24, 2.45) is 11.7 Å². The summed E-state index contributed by atoms with van der Waals surface area (Å²) in [6.45, 7) is 4.64. The Labute approximate surface area is 124 Å². The highest BCUT2D eigenvalue weighted by Crippen LogP contribution is 2.27. The van der Waals surface area contributed by atoms with Crippen molar-refractivity contribution in [2.75, 3.05) is 18.0 Å². The fourth-order valence-electron chi connectivity index (χ4n) is 2.79. The molecular formula is C16H23N3S. The smallest absolute Gasteiger partial charge is 0.186 e. The predicted octanol–water partition coefficient (Wildman–Crippen LogP) is 1.97. The van der Waals surface area contributed by atoms with E-state index in [1.54, 1.807) is 11.3 Å². The molecule has 2 aliphatic rings. The monoisotopic (exact) mass is 289 g/mol. The van der Waals surface area contributed by atoms with Crippen LogP contribution in [0.25, 0.3) is 12.2 Å². The van der Waals surface area contributed by atoms with Gasteiger partial charge in [0.2, 0.25) is 0 Å². The molecule has 4 heteroatoms. The molecule has 1 fully saturated rings. The Kier molecular flexibility index (Phi) is 4.10. The molecule has 2 heterocycles. The third-order valence-corrected chi connectivity index (χ3v) is 5.22.